The van der Waals surface area contributed by atoms with Gasteiger partial charge in [0.05, 0.1) is 12.5 Å². The summed E-state index contributed by atoms with van der Waals surface area (Å²) in [6, 6.07) is 7.72. The van der Waals surface area contributed by atoms with Crippen molar-refractivity contribution in [2.45, 2.75) is 39.2 Å². The van der Waals surface area contributed by atoms with Crippen molar-refractivity contribution >= 4 is 5.97 Å². The first-order chi connectivity index (χ1) is 9.49. The van der Waals surface area contributed by atoms with Crippen LogP contribution in [0.25, 0.3) is 11.4 Å². The third-order valence-electron chi connectivity index (χ3n) is 3.22. The summed E-state index contributed by atoms with van der Waals surface area (Å²) in [7, 11) is 0. The van der Waals surface area contributed by atoms with Crippen molar-refractivity contribution in [2.75, 3.05) is 0 Å². The number of nitrogens with zero attached hydrogens (tertiary/aromatic N) is 4. The van der Waals surface area contributed by atoms with Gasteiger partial charge in [-0.05, 0) is 28.8 Å². The SMILES string of the molecule is CC(C)c1ccc(-c2nnnn2C(C)CC(=O)O)cc1. The van der Waals surface area contributed by atoms with Crippen LogP contribution in [-0.4, -0.2) is 31.3 Å². The molecule has 0 saturated heterocycles. The molecule has 1 atom stereocenters. The quantitative estimate of drug-likeness (QED) is 0.906. The summed E-state index contributed by atoms with van der Waals surface area (Å²) in [6.45, 7) is 6.05. The van der Waals surface area contributed by atoms with Crippen molar-refractivity contribution < 1.29 is 9.90 Å². The number of aliphatic carboxylic acids is 1. The number of hydrogen-bond donors (Lipinski definition) is 1. The zero-order chi connectivity index (χ0) is 14.7. The lowest BCUT2D eigenvalue weighted by atomic mass is 10.0. The highest BCUT2D eigenvalue weighted by atomic mass is 16.4. The zero-order valence-corrected chi connectivity index (χ0v) is 11.8. The average molecular weight is 274 g/mol. The smallest absolute Gasteiger partial charge is 0.305 e. The van der Waals surface area contributed by atoms with Gasteiger partial charge < -0.3 is 5.11 Å². The molecule has 1 aromatic heterocycles. The van der Waals surface area contributed by atoms with E-state index < -0.39 is 5.97 Å². The van der Waals surface area contributed by atoms with Crippen LogP contribution in [0.15, 0.2) is 24.3 Å². The van der Waals surface area contributed by atoms with E-state index in [-0.39, 0.29) is 12.5 Å². The van der Waals surface area contributed by atoms with Gasteiger partial charge in [-0.3, -0.25) is 4.79 Å². The second kappa shape index (κ2) is 5.81. The van der Waals surface area contributed by atoms with Crippen molar-refractivity contribution in [2.24, 2.45) is 0 Å². The lowest BCUT2D eigenvalue weighted by Crippen LogP contribution is -2.13. The van der Waals surface area contributed by atoms with E-state index in [0.717, 1.165) is 5.56 Å². The Morgan fingerprint density at radius 1 is 1.25 bits per heavy atom. The minimum Gasteiger partial charge on any atom is -0.481 e. The predicted octanol–water partition coefficient (Wildman–Crippen LogP) is 2.50. The standard InChI is InChI=1S/C14H18N4O2/c1-9(2)11-4-6-12(7-5-11)14-15-16-17-18(14)10(3)8-13(19)20/h4-7,9-10H,8H2,1-3H3,(H,19,20). The van der Waals surface area contributed by atoms with Gasteiger partial charge in [-0.2, -0.15) is 0 Å². The predicted molar refractivity (Wildman–Crippen MR) is 74.3 cm³/mol. The van der Waals surface area contributed by atoms with Gasteiger partial charge in [-0.25, -0.2) is 4.68 Å². The molecule has 106 valence electrons. The Morgan fingerprint density at radius 3 is 2.45 bits per heavy atom. The fourth-order valence-corrected chi connectivity index (χ4v) is 2.04. The molecule has 0 spiro atoms. The van der Waals surface area contributed by atoms with Crippen LogP contribution >= 0.6 is 0 Å². The lowest BCUT2D eigenvalue weighted by Gasteiger charge is -2.11. The largest absolute Gasteiger partial charge is 0.481 e. The Bertz CT molecular complexity index is 589. The number of carboxylic acid groups (broad SMARTS) is 1. The fourth-order valence-electron chi connectivity index (χ4n) is 2.04. The first-order valence-electron chi connectivity index (χ1n) is 6.59. The summed E-state index contributed by atoms with van der Waals surface area (Å²) in [5.74, 6) is 0.189. The lowest BCUT2D eigenvalue weighted by molar-refractivity contribution is -0.137. The molecule has 20 heavy (non-hydrogen) atoms. The van der Waals surface area contributed by atoms with Crippen LogP contribution in [0.3, 0.4) is 0 Å². The van der Waals surface area contributed by atoms with E-state index in [4.69, 9.17) is 5.11 Å². The molecular weight excluding hydrogens is 256 g/mol. The van der Waals surface area contributed by atoms with Gasteiger partial charge in [0.2, 0.25) is 0 Å². The first kappa shape index (κ1) is 14.2. The maximum Gasteiger partial charge on any atom is 0.305 e. The molecule has 0 fully saturated rings. The number of benzene rings is 1. The maximum absolute atomic E-state index is 10.8. The summed E-state index contributed by atoms with van der Waals surface area (Å²) in [5, 5.41) is 20.4. The van der Waals surface area contributed by atoms with E-state index in [2.05, 4.69) is 29.4 Å². The Labute approximate surface area is 117 Å². The van der Waals surface area contributed by atoms with Crippen molar-refractivity contribution in [1.82, 2.24) is 20.2 Å². The number of tetrazole rings is 1. The molecule has 0 aliphatic carbocycles. The number of aromatic nitrogens is 4. The molecule has 6 nitrogen and oxygen atoms in total. The van der Waals surface area contributed by atoms with Crippen LogP contribution in [0.1, 0.15) is 44.7 Å². The number of carboxylic acids is 1. The highest BCUT2D eigenvalue weighted by molar-refractivity contribution is 5.67. The maximum atomic E-state index is 10.8. The normalized spacial score (nSPS) is 12.6. The zero-order valence-electron chi connectivity index (χ0n) is 11.8. The Kier molecular flexibility index (Phi) is 4.12. The van der Waals surface area contributed by atoms with Gasteiger partial charge in [0.1, 0.15) is 0 Å². The Balaban J connectivity index is 2.29. The molecule has 2 rings (SSSR count). The summed E-state index contributed by atoms with van der Waals surface area (Å²) in [5.41, 5.74) is 2.13. The van der Waals surface area contributed by atoms with Crippen molar-refractivity contribution in [1.29, 1.82) is 0 Å². The third kappa shape index (κ3) is 3.01. The number of hydrogen-bond acceptors (Lipinski definition) is 4. The minimum atomic E-state index is -0.867. The number of rotatable bonds is 5. The van der Waals surface area contributed by atoms with E-state index in [0.29, 0.717) is 11.7 Å². The van der Waals surface area contributed by atoms with Gasteiger partial charge in [-0.1, -0.05) is 38.1 Å². The molecule has 1 heterocycles. The molecule has 0 bridgehead atoms. The molecule has 1 unspecified atom stereocenters. The van der Waals surface area contributed by atoms with E-state index in [1.54, 1.807) is 11.6 Å². The highest BCUT2D eigenvalue weighted by Crippen LogP contribution is 2.23. The Hall–Kier alpha value is -2.24. The van der Waals surface area contributed by atoms with E-state index in [1.807, 2.05) is 24.3 Å². The van der Waals surface area contributed by atoms with Crippen molar-refractivity contribution in [3.63, 3.8) is 0 Å². The molecule has 2 aromatic rings. The topological polar surface area (TPSA) is 80.9 Å². The second-order valence-corrected chi connectivity index (χ2v) is 5.17. The van der Waals surface area contributed by atoms with Gasteiger partial charge in [0.25, 0.3) is 0 Å². The summed E-state index contributed by atoms with van der Waals surface area (Å²) in [4.78, 5) is 10.8. The minimum absolute atomic E-state index is 0.0118. The molecule has 0 aliphatic heterocycles. The van der Waals surface area contributed by atoms with Crippen LogP contribution in [-0.2, 0) is 4.79 Å². The third-order valence-corrected chi connectivity index (χ3v) is 3.22. The highest BCUT2D eigenvalue weighted by Gasteiger charge is 2.17. The molecule has 0 saturated carbocycles. The molecular formula is C14H18N4O2. The van der Waals surface area contributed by atoms with Gasteiger partial charge in [0.15, 0.2) is 5.82 Å². The monoisotopic (exact) mass is 274 g/mol. The van der Waals surface area contributed by atoms with Crippen LogP contribution in [0, 0.1) is 0 Å². The van der Waals surface area contributed by atoms with E-state index in [9.17, 15) is 4.79 Å². The van der Waals surface area contributed by atoms with Crippen molar-refractivity contribution in [3.05, 3.63) is 29.8 Å². The molecule has 6 heteroatoms. The number of carbonyl (C=O) groups is 1. The fraction of sp³-hybridized carbons (Fsp3) is 0.429. The van der Waals surface area contributed by atoms with Gasteiger partial charge in [0, 0.05) is 5.56 Å². The second-order valence-electron chi connectivity index (χ2n) is 5.17. The summed E-state index contributed by atoms with van der Waals surface area (Å²) >= 11 is 0. The van der Waals surface area contributed by atoms with Crippen LogP contribution < -0.4 is 0 Å². The summed E-state index contributed by atoms with van der Waals surface area (Å²) in [6.07, 6.45) is -0.0118. The van der Waals surface area contributed by atoms with E-state index >= 15 is 0 Å². The van der Waals surface area contributed by atoms with Crippen LogP contribution in [0.5, 0.6) is 0 Å². The molecule has 1 N–H and O–H groups in total. The first-order valence-corrected chi connectivity index (χ1v) is 6.59. The van der Waals surface area contributed by atoms with Crippen LogP contribution in [0.2, 0.25) is 0 Å². The molecule has 0 radical (unpaired) electrons. The molecule has 1 aromatic carbocycles. The molecule has 0 aliphatic rings. The summed E-state index contributed by atoms with van der Waals surface area (Å²) < 4.78 is 1.55. The van der Waals surface area contributed by atoms with Crippen molar-refractivity contribution in [3.8, 4) is 11.4 Å². The van der Waals surface area contributed by atoms with Gasteiger partial charge >= 0.3 is 5.97 Å². The van der Waals surface area contributed by atoms with Crippen LogP contribution in [0.4, 0.5) is 0 Å². The Morgan fingerprint density at radius 2 is 1.90 bits per heavy atom. The average Bonchev–Trinajstić information content (AvgIpc) is 2.87. The van der Waals surface area contributed by atoms with E-state index in [1.165, 1.54) is 5.56 Å². The molecule has 0 amide bonds. The van der Waals surface area contributed by atoms with Gasteiger partial charge in [-0.15, -0.1) is 5.10 Å².